The Morgan fingerprint density at radius 2 is 1.32 bits per heavy atom. The smallest absolute Gasteiger partial charge is 0.407 e. The molecule has 1 aromatic heterocycles. The van der Waals surface area contributed by atoms with Crippen LogP contribution in [0.3, 0.4) is 0 Å². The van der Waals surface area contributed by atoms with Crippen molar-refractivity contribution in [2.75, 3.05) is 24.7 Å². The van der Waals surface area contributed by atoms with Gasteiger partial charge in [-0.2, -0.15) is 0 Å². The number of benzene rings is 3. The number of rotatable bonds is 18. The normalized spacial score (nSPS) is 21.9. The maximum atomic E-state index is 14.9. The quantitative estimate of drug-likeness (QED) is 0.0483. The number of para-hydroxylation sites is 1. The molecule has 2 heterocycles. The highest BCUT2D eigenvalue weighted by Gasteiger charge is 2.36. The van der Waals surface area contributed by atoms with Gasteiger partial charge in [-0.1, -0.05) is 100 Å². The van der Waals surface area contributed by atoms with Crippen LogP contribution in [0.25, 0.3) is 10.9 Å². The van der Waals surface area contributed by atoms with Crippen molar-refractivity contribution in [1.29, 1.82) is 0 Å². The zero-order valence-electron chi connectivity index (χ0n) is 44.4. The Morgan fingerprint density at radius 1 is 0.731 bits per heavy atom. The first-order valence-corrected chi connectivity index (χ1v) is 28.3. The monoisotopic (exact) mass is 1120 g/mol. The molecule has 0 unspecified atom stereocenters. The Morgan fingerprint density at radius 3 is 1.96 bits per heavy atom. The molecule has 8 amide bonds. The summed E-state index contributed by atoms with van der Waals surface area (Å²) in [5, 5.41) is 53.4. The number of H-pyrrole nitrogens is 1. The highest BCUT2D eigenvalue weighted by molar-refractivity contribution is 8.76. The van der Waals surface area contributed by atoms with Crippen LogP contribution >= 0.6 is 21.6 Å². The molecule has 24 heteroatoms. The van der Waals surface area contributed by atoms with E-state index >= 15 is 0 Å². The third-order valence-electron chi connectivity index (χ3n) is 12.5. The summed E-state index contributed by atoms with van der Waals surface area (Å²) in [5.74, 6) is -6.31. The summed E-state index contributed by atoms with van der Waals surface area (Å²) in [5.41, 5.74) is 8.38. The second kappa shape index (κ2) is 30.4. The molecule has 0 aliphatic carbocycles. The summed E-state index contributed by atoms with van der Waals surface area (Å²) < 4.78 is 5.33. The van der Waals surface area contributed by atoms with E-state index in [2.05, 4.69) is 47.5 Å². The van der Waals surface area contributed by atoms with Gasteiger partial charge in [0, 0.05) is 48.0 Å². The predicted molar refractivity (Wildman–Crippen MR) is 297 cm³/mol. The van der Waals surface area contributed by atoms with Crippen LogP contribution in [0.4, 0.5) is 4.79 Å². The van der Waals surface area contributed by atoms with Crippen molar-refractivity contribution >= 4 is 79.9 Å². The van der Waals surface area contributed by atoms with E-state index in [4.69, 9.17) is 10.5 Å². The number of alkyl carbamates (subject to hydrolysis) is 1. The number of hydrogen-bond acceptors (Lipinski definition) is 15. The summed E-state index contributed by atoms with van der Waals surface area (Å²) in [6.45, 7) is 7.17. The van der Waals surface area contributed by atoms with Gasteiger partial charge >= 0.3 is 6.09 Å². The standard InChI is InChI=1S/C54H74N10O12S2/c1-31(66)42(28-65)61-51(73)44-30-78-77-29-43(62-46(68)37(55)24-33-16-8-6-9-17-33)50(72)59-40(25-34-18-10-7-11-19-34)48(70)60-41(26-35-27-57-38-21-13-12-20-36(35)38)49(71)58-39(47(69)64-45(32(2)67)52(74)63-44)22-14-15-23-56-53(75)76-54(3,4)5/h6-13,16-21,27,31-32,37,39-45,57,65-67H,14-15,22-26,28-30,55H2,1-5H3,(H,56,75)(H,58,71)(H,59,72)(H,60,70)(H,61,73)(H,62,68)(H,63,74)(H,64,69)/t31-,32-,37-,39+,40+,41-,42-,43+,44+,45+/m1/s1. The van der Waals surface area contributed by atoms with Crippen LogP contribution in [0.1, 0.15) is 70.6 Å². The van der Waals surface area contributed by atoms with E-state index in [9.17, 15) is 53.7 Å². The molecule has 0 radical (unpaired) electrons. The molecule has 78 heavy (non-hydrogen) atoms. The van der Waals surface area contributed by atoms with Gasteiger partial charge in [0.05, 0.1) is 30.9 Å². The number of fused-ring (bicyclic) bond motifs is 1. The van der Waals surface area contributed by atoms with Crippen molar-refractivity contribution in [3.05, 3.63) is 108 Å². The van der Waals surface area contributed by atoms with Crippen molar-refractivity contribution in [2.45, 2.75) is 139 Å². The molecule has 4 aromatic rings. The van der Waals surface area contributed by atoms with Gasteiger partial charge in [0.1, 0.15) is 41.9 Å². The average molecular weight is 1120 g/mol. The third-order valence-corrected chi connectivity index (χ3v) is 14.9. The number of aliphatic hydroxyl groups is 3. The number of nitrogens with two attached hydrogens (primary N) is 1. The Kier molecular flexibility index (Phi) is 24.3. The molecule has 1 aliphatic rings. The summed E-state index contributed by atoms with van der Waals surface area (Å²) in [4.78, 5) is 116. The van der Waals surface area contributed by atoms with Crippen LogP contribution in [-0.2, 0) is 57.6 Å². The summed E-state index contributed by atoms with van der Waals surface area (Å²) in [6.07, 6.45) is -1.42. The molecular formula is C54H74N10O12S2. The fourth-order valence-electron chi connectivity index (χ4n) is 8.21. The lowest BCUT2D eigenvalue weighted by Crippen LogP contribution is -2.62. The number of amides is 8. The first-order valence-electron chi connectivity index (χ1n) is 25.8. The number of aromatic nitrogens is 1. The number of aromatic amines is 1. The molecule has 22 nitrogen and oxygen atoms in total. The van der Waals surface area contributed by atoms with Crippen molar-refractivity contribution in [3.8, 4) is 0 Å². The molecule has 424 valence electrons. The number of hydrogen-bond donors (Lipinski definition) is 13. The van der Waals surface area contributed by atoms with E-state index in [1.165, 1.54) is 13.8 Å². The SMILES string of the molecule is C[C@@H](O)[C@@H]1NC(=O)[C@H](CCCCNC(=O)OC(C)(C)C)NC(=O)[C@@H](Cc2c[nH]c3ccccc23)NC(=O)[C@H](Cc2ccccc2)NC(=O)[C@@H](NC(=O)[C@H](N)Cc2ccccc2)CSSC[C@@H](C(=O)N[C@H](CO)[C@@H](C)O)NC1=O. The van der Waals surface area contributed by atoms with Crippen molar-refractivity contribution in [2.24, 2.45) is 5.73 Å². The number of carbonyl (C=O) groups excluding carboxylic acids is 8. The first kappa shape index (κ1) is 62.1. The number of ether oxygens (including phenoxy) is 1. The maximum Gasteiger partial charge on any atom is 0.407 e. The molecule has 0 saturated carbocycles. The van der Waals surface area contributed by atoms with E-state index in [1.807, 2.05) is 24.3 Å². The van der Waals surface area contributed by atoms with E-state index in [0.29, 0.717) is 17.5 Å². The minimum Gasteiger partial charge on any atom is -0.444 e. The van der Waals surface area contributed by atoms with Gasteiger partial charge in [-0.15, -0.1) is 0 Å². The Labute approximate surface area is 461 Å². The molecule has 1 aliphatic heterocycles. The molecule has 0 bridgehead atoms. The molecular weight excluding hydrogens is 1040 g/mol. The van der Waals surface area contributed by atoms with Gasteiger partial charge in [-0.05, 0) is 83.1 Å². The fourth-order valence-corrected chi connectivity index (χ4v) is 10.5. The lowest BCUT2D eigenvalue weighted by Gasteiger charge is -2.29. The summed E-state index contributed by atoms with van der Waals surface area (Å²) in [6, 6.07) is 14.1. The molecule has 14 N–H and O–H groups in total. The second-order valence-corrected chi connectivity index (χ2v) is 22.7. The van der Waals surface area contributed by atoms with Crippen LogP contribution in [0.2, 0.25) is 0 Å². The molecule has 5 rings (SSSR count). The number of carbonyl (C=O) groups is 8. The van der Waals surface area contributed by atoms with E-state index < -0.39 is 120 Å². The minimum atomic E-state index is -1.72. The fraction of sp³-hybridized carbons (Fsp3) is 0.481. The lowest BCUT2D eigenvalue weighted by atomic mass is 10.0. The molecule has 10 atom stereocenters. The van der Waals surface area contributed by atoms with E-state index in [1.54, 1.807) is 87.6 Å². The molecule has 1 fully saturated rings. The van der Waals surface area contributed by atoms with Gasteiger partial charge < -0.3 is 73.3 Å². The predicted octanol–water partition coefficient (Wildman–Crippen LogP) is 0.761. The van der Waals surface area contributed by atoms with E-state index in [-0.39, 0.29) is 50.2 Å². The van der Waals surface area contributed by atoms with Crippen molar-refractivity contribution in [3.63, 3.8) is 0 Å². The van der Waals surface area contributed by atoms with Crippen LogP contribution in [0, 0.1) is 0 Å². The Hall–Kier alpha value is -6.70. The third kappa shape index (κ3) is 19.9. The maximum absolute atomic E-state index is 14.9. The van der Waals surface area contributed by atoms with Gasteiger partial charge in [0.2, 0.25) is 41.4 Å². The highest BCUT2D eigenvalue weighted by Crippen LogP contribution is 2.24. The minimum absolute atomic E-state index is 0.0726. The molecule has 1 saturated heterocycles. The van der Waals surface area contributed by atoms with Crippen LogP contribution in [0.15, 0.2) is 91.1 Å². The average Bonchev–Trinajstić information content (AvgIpc) is 3.81. The summed E-state index contributed by atoms with van der Waals surface area (Å²) in [7, 11) is 2.03. The number of unbranched alkanes of at least 4 members (excludes halogenated alkanes) is 1. The van der Waals surface area contributed by atoms with Crippen molar-refractivity contribution < 1.29 is 58.4 Å². The van der Waals surface area contributed by atoms with Gasteiger partial charge in [-0.3, -0.25) is 33.6 Å². The lowest BCUT2D eigenvalue weighted by molar-refractivity contribution is -0.136. The molecule has 3 aromatic carbocycles. The topological polar surface area (TPSA) is 345 Å². The Balaban J connectivity index is 1.56. The van der Waals surface area contributed by atoms with Crippen molar-refractivity contribution in [1.82, 2.24) is 47.5 Å². The van der Waals surface area contributed by atoms with Gasteiger partial charge in [0.15, 0.2) is 0 Å². The number of nitrogens with one attached hydrogen (secondary N) is 9. The molecule has 0 spiro atoms. The zero-order valence-corrected chi connectivity index (χ0v) is 46.0. The van der Waals surface area contributed by atoms with Crippen LogP contribution in [0.5, 0.6) is 0 Å². The van der Waals surface area contributed by atoms with Gasteiger partial charge in [-0.25, -0.2) is 4.79 Å². The van der Waals surface area contributed by atoms with Crippen LogP contribution < -0.4 is 48.3 Å². The largest absolute Gasteiger partial charge is 0.444 e. The highest BCUT2D eigenvalue weighted by atomic mass is 33.1. The van der Waals surface area contributed by atoms with Gasteiger partial charge in [0.25, 0.3) is 0 Å². The second-order valence-electron chi connectivity index (χ2n) is 20.1. The van der Waals surface area contributed by atoms with E-state index in [0.717, 1.165) is 38.1 Å². The summed E-state index contributed by atoms with van der Waals surface area (Å²) >= 11 is 0. The first-order chi connectivity index (χ1) is 37.1. The number of aliphatic hydroxyl groups excluding tert-OH is 3. The zero-order chi connectivity index (χ0) is 56.9. The Bertz CT molecular complexity index is 2640. The van der Waals surface area contributed by atoms with Crippen LogP contribution in [-0.4, -0.2) is 159 Å².